The minimum absolute atomic E-state index is 0.341. The lowest BCUT2D eigenvalue weighted by molar-refractivity contribution is -0.131. The van der Waals surface area contributed by atoms with Gasteiger partial charge in [0.25, 0.3) is 0 Å². The molecular weight excluding hydrogens is 422 g/mol. The highest BCUT2D eigenvalue weighted by molar-refractivity contribution is 8.07. The summed E-state index contributed by atoms with van der Waals surface area (Å²) in [5.74, 6) is 1.03. The largest absolute Gasteiger partial charge is 0.493 e. The van der Waals surface area contributed by atoms with E-state index < -0.39 is 5.97 Å². The molecule has 0 amide bonds. The van der Waals surface area contributed by atoms with E-state index in [0.29, 0.717) is 10.8 Å². The molecule has 1 N–H and O–H groups in total. The summed E-state index contributed by atoms with van der Waals surface area (Å²) in [4.78, 5) is 16.7. The van der Waals surface area contributed by atoms with Crippen LogP contribution >= 0.6 is 11.8 Å². The Labute approximate surface area is 194 Å². The second-order valence-corrected chi connectivity index (χ2v) is 9.00. The average molecular weight is 454 g/mol. The van der Waals surface area contributed by atoms with Gasteiger partial charge in [-0.25, -0.2) is 4.79 Å². The number of ether oxygens (including phenoxy) is 2. The third-order valence-corrected chi connectivity index (χ3v) is 5.96. The first kappa shape index (κ1) is 25.3. The van der Waals surface area contributed by atoms with Gasteiger partial charge in [-0.2, -0.15) is 0 Å². The number of hydrogen-bond donors (Lipinski definition) is 1. The number of carboxylic acids is 1. The van der Waals surface area contributed by atoms with Crippen molar-refractivity contribution in [2.75, 3.05) is 14.2 Å². The Morgan fingerprint density at radius 1 is 1.12 bits per heavy atom. The van der Waals surface area contributed by atoms with Crippen LogP contribution in [0.25, 0.3) is 5.57 Å². The van der Waals surface area contributed by atoms with Gasteiger partial charge in [0.15, 0.2) is 11.5 Å². The Bertz CT molecular complexity index is 1050. The molecule has 0 spiro atoms. The molecule has 1 heterocycles. The van der Waals surface area contributed by atoms with E-state index in [1.54, 1.807) is 14.2 Å². The van der Waals surface area contributed by atoms with Crippen LogP contribution in [-0.4, -0.2) is 31.5 Å². The number of benzene rings is 2. The van der Waals surface area contributed by atoms with Gasteiger partial charge < -0.3 is 14.6 Å². The lowest BCUT2D eigenvalue weighted by Crippen LogP contribution is -2.00. The number of aliphatic imine (C=N–C) groups is 1. The number of rotatable bonds is 7. The number of aliphatic carboxylic acids is 1. The van der Waals surface area contributed by atoms with Crippen LogP contribution in [0.3, 0.4) is 0 Å². The predicted octanol–water partition coefficient (Wildman–Crippen LogP) is 6.85. The summed E-state index contributed by atoms with van der Waals surface area (Å²) >= 11 is 1.21. The van der Waals surface area contributed by atoms with Gasteiger partial charge in [-0.3, -0.25) is 4.99 Å². The van der Waals surface area contributed by atoms with E-state index in [-0.39, 0.29) is 0 Å². The zero-order valence-corrected chi connectivity index (χ0v) is 20.4. The Morgan fingerprint density at radius 2 is 1.78 bits per heavy atom. The maximum Gasteiger partial charge on any atom is 0.342 e. The minimum Gasteiger partial charge on any atom is -0.493 e. The third kappa shape index (κ3) is 6.50. The number of carboxylic acid groups (broad SMARTS) is 1. The predicted molar refractivity (Wildman–Crippen MR) is 135 cm³/mol. The number of fused-ring (bicyclic) bond motifs is 1. The fourth-order valence-electron chi connectivity index (χ4n) is 3.15. The Kier molecular flexibility index (Phi) is 9.14. The van der Waals surface area contributed by atoms with Crippen LogP contribution in [0.4, 0.5) is 5.69 Å². The lowest BCUT2D eigenvalue weighted by Gasteiger charge is -2.11. The van der Waals surface area contributed by atoms with Crippen LogP contribution in [0, 0.1) is 0 Å². The summed E-state index contributed by atoms with van der Waals surface area (Å²) in [6.07, 6.45) is 2.78. The second-order valence-electron chi connectivity index (χ2n) is 7.70. The number of methoxy groups -OCH3 is 2. The van der Waals surface area contributed by atoms with Gasteiger partial charge >= 0.3 is 5.97 Å². The second kappa shape index (κ2) is 11.6. The topological polar surface area (TPSA) is 68.1 Å². The molecule has 0 unspecified atom stereocenters. The van der Waals surface area contributed by atoms with E-state index in [9.17, 15) is 9.90 Å². The maximum absolute atomic E-state index is 11.3. The van der Waals surface area contributed by atoms with Crippen molar-refractivity contribution in [3.63, 3.8) is 0 Å². The average Bonchev–Trinajstić information content (AvgIpc) is 3.23. The zero-order valence-electron chi connectivity index (χ0n) is 19.6. The Hall–Kier alpha value is -2.99. The van der Waals surface area contributed by atoms with Crippen LogP contribution in [0.2, 0.25) is 0 Å². The molecule has 5 nitrogen and oxygen atoms in total. The molecule has 3 rings (SSSR count). The first-order chi connectivity index (χ1) is 15.2. The van der Waals surface area contributed by atoms with Gasteiger partial charge in [-0.1, -0.05) is 56.5 Å². The highest BCUT2D eigenvalue weighted by Crippen LogP contribution is 2.36. The highest BCUT2D eigenvalue weighted by Gasteiger charge is 2.15. The van der Waals surface area contributed by atoms with Crippen molar-refractivity contribution < 1.29 is 19.4 Å². The number of hydrogen-bond acceptors (Lipinski definition) is 5. The van der Waals surface area contributed by atoms with Gasteiger partial charge in [-0.05, 0) is 53.0 Å². The summed E-state index contributed by atoms with van der Waals surface area (Å²) in [7, 11) is 3.27. The van der Waals surface area contributed by atoms with Crippen molar-refractivity contribution >= 4 is 35.2 Å². The molecule has 0 saturated carbocycles. The molecule has 2 aromatic rings. The van der Waals surface area contributed by atoms with Crippen LogP contribution < -0.4 is 9.47 Å². The number of nitrogens with zero attached hydrogens (tertiary/aromatic N) is 1. The molecule has 32 heavy (non-hydrogen) atoms. The Balaban J connectivity index is 0.000000242. The number of carbonyl (C=O) groups is 1. The van der Waals surface area contributed by atoms with Crippen molar-refractivity contribution in [2.24, 2.45) is 4.99 Å². The number of allylic oxidation sites excluding steroid dienone is 2. The molecule has 170 valence electrons. The molecule has 1 aliphatic rings. The van der Waals surface area contributed by atoms with Crippen molar-refractivity contribution in [1.82, 2.24) is 0 Å². The molecule has 2 aromatic carbocycles. The SMILES string of the molecule is C=C(C)S/C(C(=O)O)=C(\C)c1cccc(C(C)C)c1.COc1cc2c(cc1OC)N=CC2. The maximum atomic E-state index is 11.3. The van der Waals surface area contributed by atoms with Crippen LogP contribution in [0.15, 0.2) is 57.8 Å². The quantitative estimate of drug-likeness (QED) is 0.464. The standard InChI is InChI=1S/C16H20O2S.C10H11NO2/c1-10(2)13-7-6-8-14(9-13)12(5)15(16(17)18)19-11(3)4;1-12-9-5-7-3-4-11-8(7)6-10(9)13-2/h6-10H,3H2,1-2,4-5H3,(H,17,18);4-6H,3H2,1-2H3/b15-12+;. The molecular formula is C26H31NO4S. The van der Waals surface area contributed by atoms with Crippen LogP contribution in [-0.2, 0) is 11.2 Å². The fourth-order valence-corrected chi connectivity index (χ4v) is 3.86. The third-order valence-electron chi connectivity index (χ3n) is 4.92. The molecule has 0 aromatic heterocycles. The van der Waals surface area contributed by atoms with E-state index in [0.717, 1.165) is 39.6 Å². The van der Waals surface area contributed by atoms with Crippen LogP contribution in [0.5, 0.6) is 11.5 Å². The molecule has 6 heteroatoms. The van der Waals surface area contributed by atoms with E-state index >= 15 is 0 Å². The highest BCUT2D eigenvalue weighted by atomic mass is 32.2. The summed E-state index contributed by atoms with van der Waals surface area (Å²) in [5.41, 5.74) is 5.12. The van der Waals surface area contributed by atoms with Crippen molar-refractivity contribution in [1.29, 1.82) is 0 Å². The van der Waals surface area contributed by atoms with E-state index in [1.807, 2.05) is 44.3 Å². The molecule has 0 atom stereocenters. The molecule has 0 radical (unpaired) electrons. The van der Waals surface area contributed by atoms with Crippen molar-refractivity contribution in [2.45, 2.75) is 40.0 Å². The summed E-state index contributed by atoms with van der Waals surface area (Å²) in [6.45, 7) is 11.7. The van der Waals surface area contributed by atoms with Gasteiger partial charge in [0.05, 0.1) is 19.9 Å². The molecule has 0 fully saturated rings. The minimum atomic E-state index is -0.902. The normalized spacial score (nSPS) is 12.5. The van der Waals surface area contributed by atoms with Gasteiger partial charge in [-0.15, -0.1) is 0 Å². The molecule has 0 saturated heterocycles. The number of thioether (sulfide) groups is 1. The smallest absolute Gasteiger partial charge is 0.342 e. The van der Waals surface area contributed by atoms with E-state index in [1.165, 1.54) is 22.9 Å². The molecule has 0 bridgehead atoms. The summed E-state index contributed by atoms with van der Waals surface area (Å²) in [6, 6.07) is 11.9. The van der Waals surface area contributed by atoms with Gasteiger partial charge in [0, 0.05) is 18.7 Å². The summed E-state index contributed by atoms with van der Waals surface area (Å²) in [5, 5.41) is 9.31. The first-order valence-corrected chi connectivity index (χ1v) is 11.1. The Morgan fingerprint density at radius 3 is 2.34 bits per heavy atom. The van der Waals surface area contributed by atoms with Crippen molar-refractivity contribution in [3.8, 4) is 11.5 Å². The summed E-state index contributed by atoms with van der Waals surface area (Å²) < 4.78 is 10.3. The zero-order chi connectivity index (χ0) is 23.8. The molecule has 0 aliphatic carbocycles. The van der Waals surface area contributed by atoms with E-state index in [2.05, 4.69) is 37.6 Å². The van der Waals surface area contributed by atoms with Gasteiger partial charge in [0.2, 0.25) is 0 Å². The van der Waals surface area contributed by atoms with Crippen molar-refractivity contribution in [3.05, 3.63) is 69.5 Å². The first-order valence-electron chi connectivity index (χ1n) is 10.3. The van der Waals surface area contributed by atoms with E-state index in [4.69, 9.17) is 9.47 Å². The molecule has 1 aliphatic heterocycles. The van der Waals surface area contributed by atoms with Crippen LogP contribution in [0.1, 0.15) is 50.3 Å². The lowest BCUT2D eigenvalue weighted by atomic mass is 9.98. The fraction of sp³-hybridized carbons (Fsp3) is 0.308. The monoisotopic (exact) mass is 453 g/mol. The van der Waals surface area contributed by atoms with Gasteiger partial charge in [0.1, 0.15) is 4.91 Å².